The Morgan fingerprint density at radius 1 is 1.12 bits per heavy atom. The molecule has 0 atom stereocenters. The standard InChI is InChI=1S/C20H17NO4/c1-23-19-12-15(6-5-11-22)9-10-18(19)24-13-17-14-25-20(21-17)16-7-3-2-4-8-16/h2-12,14H,13H2,1H3/b6-5+. The Morgan fingerprint density at radius 3 is 2.72 bits per heavy atom. The maximum absolute atomic E-state index is 10.4. The number of carbonyl (C=O) groups is 1. The maximum atomic E-state index is 10.4. The summed E-state index contributed by atoms with van der Waals surface area (Å²) in [4.78, 5) is 14.8. The number of oxazole rings is 1. The topological polar surface area (TPSA) is 61.6 Å². The predicted molar refractivity (Wildman–Crippen MR) is 94.4 cm³/mol. The molecule has 0 saturated carbocycles. The van der Waals surface area contributed by atoms with Crippen LogP contribution in [0.15, 0.2) is 65.3 Å². The third-order valence-electron chi connectivity index (χ3n) is 3.50. The molecule has 0 amide bonds. The first-order chi connectivity index (χ1) is 12.3. The highest BCUT2D eigenvalue weighted by molar-refractivity contribution is 5.74. The molecule has 0 spiro atoms. The Kier molecular flexibility index (Phi) is 5.26. The molecule has 25 heavy (non-hydrogen) atoms. The van der Waals surface area contributed by atoms with Gasteiger partial charge in [0.2, 0.25) is 5.89 Å². The van der Waals surface area contributed by atoms with Crippen LogP contribution in [0.5, 0.6) is 11.5 Å². The minimum absolute atomic E-state index is 0.260. The average Bonchev–Trinajstić information content (AvgIpc) is 3.14. The van der Waals surface area contributed by atoms with Crippen LogP contribution in [-0.2, 0) is 11.4 Å². The van der Waals surface area contributed by atoms with Gasteiger partial charge in [0.15, 0.2) is 11.5 Å². The van der Waals surface area contributed by atoms with Crippen LogP contribution in [0, 0.1) is 0 Å². The first-order valence-electron chi connectivity index (χ1n) is 7.72. The summed E-state index contributed by atoms with van der Waals surface area (Å²) in [7, 11) is 1.57. The fraction of sp³-hybridized carbons (Fsp3) is 0.100. The van der Waals surface area contributed by atoms with Gasteiger partial charge in [0, 0.05) is 5.56 Å². The van der Waals surface area contributed by atoms with Crippen LogP contribution >= 0.6 is 0 Å². The van der Waals surface area contributed by atoms with E-state index in [0.717, 1.165) is 17.4 Å². The van der Waals surface area contributed by atoms with Crippen molar-refractivity contribution in [2.75, 3.05) is 7.11 Å². The molecular weight excluding hydrogens is 318 g/mol. The zero-order chi connectivity index (χ0) is 17.5. The summed E-state index contributed by atoms with van der Waals surface area (Å²) < 4.78 is 16.6. The largest absolute Gasteiger partial charge is 0.493 e. The van der Waals surface area contributed by atoms with E-state index < -0.39 is 0 Å². The first kappa shape index (κ1) is 16.5. The molecule has 0 aliphatic rings. The molecule has 0 aliphatic heterocycles. The van der Waals surface area contributed by atoms with Crippen molar-refractivity contribution in [2.24, 2.45) is 0 Å². The SMILES string of the molecule is COc1cc(/C=C/C=O)ccc1OCc1coc(-c2ccccc2)n1. The van der Waals surface area contributed by atoms with Gasteiger partial charge in [-0.1, -0.05) is 30.3 Å². The van der Waals surface area contributed by atoms with Crippen LogP contribution in [0.1, 0.15) is 11.3 Å². The highest BCUT2D eigenvalue weighted by Crippen LogP contribution is 2.29. The molecule has 0 unspecified atom stereocenters. The van der Waals surface area contributed by atoms with E-state index in [9.17, 15) is 4.79 Å². The number of methoxy groups -OCH3 is 1. The number of carbonyl (C=O) groups excluding carboxylic acids is 1. The molecule has 0 saturated heterocycles. The van der Waals surface area contributed by atoms with Gasteiger partial charge in [-0.15, -0.1) is 0 Å². The van der Waals surface area contributed by atoms with E-state index in [-0.39, 0.29) is 6.61 Å². The van der Waals surface area contributed by atoms with Crippen molar-refractivity contribution in [3.63, 3.8) is 0 Å². The van der Waals surface area contributed by atoms with Crippen molar-refractivity contribution in [2.45, 2.75) is 6.61 Å². The van der Waals surface area contributed by atoms with Gasteiger partial charge in [-0.25, -0.2) is 4.98 Å². The van der Waals surface area contributed by atoms with Crippen molar-refractivity contribution < 1.29 is 18.7 Å². The number of aromatic nitrogens is 1. The predicted octanol–water partition coefficient (Wildman–Crippen LogP) is 4.14. The van der Waals surface area contributed by atoms with E-state index in [4.69, 9.17) is 13.9 Å². The van der Waals surface area contributed by atoms with Crippen LogP contribution in [-0.4, -0.2) is 18.4 Å². The third kappa shape index (κ3) is 4.14. The second-order valence-electron chi connectivity index (χ2n) is 5.20. The lowest BCUT2D eigenvalue weighted by Gasteiger charge is -2.10. The van der Waals surface area contributed by atoms with Gasteiger partial charge in [0.05, 0.1) is 7.11 Å². The maximum Gasteiger partial charge on any atom is 0.226 e. The second-order valence-corrected chi connectivity index (χ2v) is 5.20. The number of rotatable bonds is 7. The number of aldehydes is 1. The summed E-state index contributed by atoms with van der Waals surface area (Å²) in [5.41, 5.74) is 2.45. The normalized spacial score (nSPS) is 10.8. The van der Waals surface area contributed by atoms with E-state index in [0.29, 0.717) is 23.1 Å². The van der Waals surface area contributed by atoms with Crippen LogP contribution in [0.3, 0.4) is 0 Å². The lowest BCUT2D eigenvalue weighted by Crippen LogP contribution is -1.98. The van der Waals surface area contributed by atoms with Crippen molar-refractivity contribution in [3.05, 3.63) is 72.1 Å². The number of ether oxygens (including phenoxy) is 2. The summed E-state index contributed by atoms with van der Waals surface area (Å²) in [6.45, 7) is 0.260. The second kappa shape index (κ2) is 7.97. The summed E-state index contributed by atoms with van der Waals surface area (Å²) >= 11 is 0. The van der Waals surface area contributed by atoms with E-state index in [1.54, 1.807) is 31.6 Å². The average molecular weight is 335 g/mol. The monoisotopic (exact) mass is 335 g/mol. The van der Waals surface area contributed by atoms with Gasteiger partial charge >= 0.3 is 0 Å². The minimum Gasteiger partial charge on any atom is -0.493 e. The molecule has 0 bridgehead atoms. The number of hydrogen-bond donors (Lipinski definition) is 0. The highest BCUT2D eigenvalue weighted by atomic mass is 16.5. The smallest absolute Gasteiger partial charge is 0.226 e. The third-order valence-corrected chi connectivity index (χ3v) is 3.50. The van der Waals surface area contributed by atoms with Gasteiger partial charge in [-0.3, -0.25) is 4.79 Å². The van der Waals surface area contributed by atoms with E-state index >= 15 is 0 Å². The molecule has 2 aromatic carbocycles. The summed E-state index contributed by atoms with van der Waals surface area (Å²) in [5.74, 6) is 1.73. The zero-order valence-electron chi connectivity index (χ0n) is 13.7. The number of allylic oxidation sites excluding steroid dienone is 1. The molecule has 1 heterocycles. The Bertz CT molecular complexity index is 868. The summed E-state index contributed by atoms with van der Waals surface area (Å²) in [6, 6.07) is 15.1. The van der Waals surface area contributed by atoms with Crippen LogP contribution < -0.4 is 9.47 Å². The van der Waals surface area contributed by atoms with E-state index in [1.807, 2.05) is 36.4 Å². The lowest BCUT2D eigenvalue weighted by atomic mass is 10.2. The van der Waals surface area contributed by atoms with Crippen LogP contribution in [0.2, 0.25) is 0 Å². The van der Waals surface area contributed by atoms with Gasteiger partial charge < -0.3 is 13.9 Å². The summed E-state index contributed by atoms with van der Waals surface area (Å²) in [5, 5.41) is 0. The zero-order valence-corrected chi connectivity index (χ0v) is 13.7. The number of nitrogens with zero attached hydrogens (tertiary/aromatic N) is 1. The molecule has 5 nitrogen and oxygen atoms in total. The molecule has 0 fully saturated rings. The quantitative estimate of drug-likeness (QED) is 0.480. The fourth-order valence-corrected chi connectivity index (χ4v) is 2.30. The number of hydrogen-bond acceptors (Lipinski definition) is 5. The van der Waals surface area contributed by atoms with E-state index in [2.05, 4.69) is 4.98 Å². The van der Waals surface area contributed by atoms with Gasteiger partial charge in [0.25, 0.3) is 0 Å². The molecule has 1 aromatic heterocycles. The van der Waals surface area contributed by atoms with Crippen LogP contribution in [0.25, 0.3) is 17.5 Å². The van der Waals surface area contributed by atoms with Gasteiger partial charge in [0.1, 0.15) is 24.9 Å². The Hall–Kier alpha value is -3.34. The number of benzene rings is 2. The molecule has 5 heteroatoms. The molecule has 126 valence electrons. The molecule has 3 aromatic rings. The highest BCUT2D eigenvalue weighted by Gasteiger charge is 2.09. The fourth-order valence-electron chi connectivity index (χ4n) is 2.30. The lowest BCUT2D eigenvalue weighted by molar-refractivity contribution is -0.104. The minimum atomic E-state index is 0.260. The van der Waals surface area contributed by atoms with Crippen molar-refractivity contribution in [1.29, 1.82) is 0 Å². The van der Waals surface area contributed by atoms with Crippen molar-refractivity contribution >= 4 is 12.4 Å². The molecule has 3 rings (SSSR count). The molecule has 0 N–H and O–H groups in total. The molecular formula is C20H17NO4. The molecule has 0 radical (unpaired) electrons. The first-order valence-corrected chi connectivity index (χ1v) is 7.72. The Balaban J connectivity index is 1.70. The Labute approximate surface area is 145 Å². The van der Waals surface area contributed by atoms with Crippen molar-refractivity contribution in [1.82, 2.24) is 4.98 Å². The molecule has 0 aliphatic carbocycles. The van der Waals surface area contributed by atoms with E-state index in [1.165, 1.54) is 6.08 Å². The van der Waals surface area contributed by atoms with Gasteiger partial charge in [-0.2, -0.15) is 0 Å². The summed E-state index contributed by atoms with van der Waals surface area (Å²) in [6.07, 6.45) is 5.43. The van der Waals surface area contributed by atoms with Crippen LogP contribution in [0.4, 0.5) is 0 Å². The van der Waals surface area contributed by atoms with Gasteiger partial charge in [-0.05, 0) is 35.9 Å². The van der Waals surface area contributed by atoms with Crippen molar-refractivity contribution in [3.8, 4) is 23.0 Å². The Morgan fingerprint density at radius 2 is 1.96 bits per heavy atom.